The maximum absolute atomic E-state index is 11.9. The normalized spacial score (nSPS) is 14.1. The Kier molecular flexibility index (Phi) is 4.01. The van der Waals surface area contributed by atoms with E-state index in [-0.39, 0.29) is 5.56 Å². The van der Waals surface area contributed by atoms with Crippen LogP contribution < -0.4 is 15.6 Å². The Morgan fingerprint density at radius 3 is 2.95 bits per heavy atom. The fourth-order valence-corrected chi connectivity index (χ4v) is 2.22. The lowest BCUT2D eigenvalue weighted by Crippen LogP contribution is -2.23. The second kappa shape index (κ2) is 6.10. The van der Waals surface area contributed by atoms with Crippen molar-refractivity contribution in [2.45, 2.75) is 32.4 Å². The molecule has 1 aliphatic rings. The van der Waals surface area contributed by atoms with Gasteiger partial charge in [0.1, 0.15) is 5.75 Å². The Morgan fingerprint density at radius 2 is 2.19 bits per heavy atom. The predicted molar refractivity (Wildman–Crippen MR) is 81.3 cm³/mol. The molecule has 0 saturated heterocycles. The van der Waals surface area contributed by atoms with Crippen LogP contribution in [0.15, 0.2) is 35.1 Å². The fraction of sp³-hybridized carbons (Fsp3) is 0.375. The first-order chi connectivity index (χ1) is 10.3. The van der Waals surface area contributed by atoms with E-state index in [0.717, 1.165) is 17.0 Å². The van der Waals surface area contributed by atoms with Gasteiger partial charge in [0.15, 0.2) is 0 Å². The van der Waals surface area contributed by atoms with Crippen LogP contribution in [0.25, 0.3) is 11.3 Å². The first-order valence-electron chi connectivity index (χ1n) is 7.32. The molecule has 5 nitrogen and oxygen atoms in total. The van der Waals surface area contributed by atoms with Gasteiger partial charge in [-0.05, 0) is 38.0 Å². The molecule has 1 aromatic carbocycles. The van der Waals surface area contributed by atoms with Crippen LogP contribution in [0.1, 0.15) is 25.3 Å². The Morgan fingerprint density at radius 1 is 1.38 bits per heavy atom. The topological polar surface area (TPSA) is 67.0 Å². The Balaban J connectivity index is 1.90. The standard InChI is InChI=1S/C16H19N3O2/c1-2-21-15-6-4-3-5-13(15)14-9-11(16(20)19-18-14)10-17-12-7-8-12/h3-6,9,12,17H,2,7-8,10H2,1H3,(H,19,20). The number of aromatic nitrogens is 2. The van der Waals surface area contributed by atoms with E-state index >= 15 is 0 Å². The van der Waals surface area contributed by atoms with E-state index in [2.05, 4.69) is 15.5 Å². The summed E-state index contributed by atoms with van der Waals surface area (Å²) < 4.78 is 5.62. The molecule has 1 aromatic heterocycles. The van der Waals surface area contributed by atoms with E-state index in [1.54, 1.807) is 0 Å². The zero-order valence-corrected chi connectivity index (χ0v) is 12.1. The van der Waals surface area contributed by atoms with Crippen LogP contribution >= 0.6 is 0 Å². The third kappa shape index (κ3) is 3.31. The van der Waals surface area contributed by atoms with E-state index in [1.807, 2.05) is 37.3 Å². The Labute approximate surface area is 123 Å². The SMILES string of the molecule is CCOc1ccccc1-c1cc(CNC2CC2)c(=O)[nH]n1. The minimum atomic E-state index is -0.138. The van der Waals surface area contributed by atoms with Gasteiger partial charge in [0.05, 0.1) is 12.3 Å². The molecule has 3 rings (SSSR count). The van der Waals surface area contributed by atoms with Gasteiger partial charge in [-0.15, -0.1) is 0 Å². The van der Waals surface area contributed by atoms with Crippen molar-refractivity contribution >= 4 is 0 Å². The van der Waals surface area contributed by atoms with Gasteiger partial charge in [-0.3, -0.25) is 4.79 Å². The molecule has 2 aromatic rings. The van der Waals surface area contributed by atoms with Gasteiger partial charge in [-0.2, -0.15) is 5.10 Å². The number of aromatic amines is 1. The van der Waals surface area contributed by atoms with Crippen molar-refractivity contribution in [3.8, 4) is 17.0 Å². The first kappa shape index (κ1) is 13.8. The minimum absolute atomic E-state index is 0.138. The molecule has 0 unspecified atom stereocenters. The maximum atomic E-state index is 11.9. The highest BCUT2D eigenvalue weighted by Gasteiger charge is 2.20. The van der Waals surface area contributed by atoms with Crippen LogP contribution in [-0.4, -0.2) is 22.8 Å². The minimum Gasteiger partial charge on any atom is -0.493 e. The highest BCUT2D eigenvalue weighted by atomic mass is 16.5. The fourth-order valence-electron chi connectivity index (χ4n) is 2.22. The van der Waals surface area contributed by atoms with Crippen LogP contribution in [-0.2, 0) is 6.54 Å². The second-order valence-corrected chi connectivity index (χ2v) is 5.19. The smallest absolute Gasteiger partial charge is 0.268 e. The van der Waals surface area contributed by atoms with E-state index in [4.69, 9.17) is 4.74 Å². The number of nitrogens with zero attached hydrogens (tertiary/aromatic N) is 1. The number of hydrogen-bond donors (Lipinski definition) is 2. The van der Waals surface area contributed by atoms with Crippen molar-refractivity contribution in [1.29, 1.82) is 0 Å². The molecule has 21 heavy (non-hydrogen) atoms. The monoisotopic (exact) mass is 285 g/mol. The van der Waals surface area contributed by atoms with E-state index in [0.29, 0.717) is 24.8 Å². The average Bonchev–Trinajstić information content (AvgIpc) is 3.32. The molecule has 5 heteroatoms. The lowest BCUT2D eigenvalue weighted by molar-refractivity contribution is 0.341. The highest BCUT2D eigenvalue weighted by Crippen LogP contribution is 2.28. The average molecular weight is 285 g/mol. The van der Waals surface area contributed by atoms with Gasteiger partial charge in [-0.1, -0.05) is 12.1 Å². The summed E-state index contributed by atoms with van der Waals surface area (Å²) in [6, 6.07) is 10.1. The van der Waals surface area contributed by atoms with Crippen molar-refractivity contribution in [2.24, 2.45) is 0 Å². The molecular formula is C16H19N3O2. The molecule has 0 atom stereocenters. The molecule has 0 spiro atoms. The maximum Gasteiger partial charge on any atom is 0.268 e. The predicted octanol–water partition coefficient (Wildman–Crippen LogP) is 2.09. The molecule has 1 saturated carbocycles. The summed E-state index contributed by atoms with van der Waals surface area (Å²) in [5, 5.41) is 10.1. The third-order valence-electron chi connectivity index (χ3n) is 3.50. The first-order valence-corrected chi connectivity index (χ1v) is 7.32. The second-order valence-electron chi connectivity index (χ2n) is 5.19. The number of H-pyrrole nitrogens is 1. The van der Waals surface area contributed by atoms with Crippen molar-refractivity contribution < 1.29 is 4.74 Å². The number of ether oxygens (including phenoxy) is 1. The summed E-state index contributed by atoms with van der Waals surface area (Å²) in [5.74, 6) is 0.778. The van der Waals surface area contributed by atoms with Gasteiger partial charge >= 0.3 is 0 Å². The third-order valence-corrected chi connectivity index (χ3v) is 3.50. The number of nitrogens with one attached hydrogen (secondary N) is 2. The molecule has 1 fully saturated rings. The van der Waals surface area contributed by atoms with E-state index in [9.17, 15) is 4.79 Å². The van der Waals surface area contributed by atoms with Gasteiger partial charge in [0, 0.05) is 23.7 Å². The molecule has 0 bridgehead atoms. The Hall–Kier alpha value is -2.14. The van der Waals surface area contributed by atoms with Gasteiger partial charge < -0.3 is 10.1 Å². The summed E-state index contributed by atoms with van der Waals surface area (Å²) in [4.78, 5) is 11.9. The highest BCUT2D eigenvalue weighted by molar-refractivity contribution is 5.67. The zero-order valence-electron chi connectivity index (χ0n) is 12.1. The van der Waals surface area contributed by atoms with Gasteiger partial charge in [-0.25, -0.2) is 5.10 Å². The van der Waals surface area contributed by atoms with E-state index < -0.39 is 0 Å². The van der Waals surface area contributed by atoms with Crippen LogP contribution in [0.5, 0.6) is 5.75 Å². The van der Waals surface area contributed by atoms with Crippen molar-refractivity contribution in [3.05, 3.63) is 46.2 Å². The van der Waals surface area contributed by atoms with E-state index in [1.165, 1.54) is 12.8 Å². The molecule has 1 heterocycles. The molecule has 0 aliphatic heterocycles. The number of rotatable bonds is 6. The van der Waals surface area contributed by atoms with Gasteiger partial charge in [0.2, 0.25) is 0 Å². The molecule has 110 valence electrons. The van der Waals surface area contributed by atoms with Crippen LogP contribution in [0.3, 0.4) is 0 Å². The Bertz CT molecular complexity index is 677. The number of para-hydroxylation sites is 1. The number of hydrogen-bond acceptors (Lipinski definition) is 4. The van der Waals surface area contributed by atoms with Crippen molar-refractivity contribution in [1.82, 2.24) is 15.5 Å². The lowest BCUT2D eigenvalue weighted by atomic mass is 10.1. The summed E-state index contributed by atoms with van der Waals surface area (Å²) in [5.41, 5.74) is 2.19. The zero-order chi connectivity index (χ0) is 14.7. The molecular weight excluding hydrogens is 266 g/mol. The number of benzene rings is 1. The van der Waals surface area contributed by atoms with Crippen LogP contribution in [0, 0.1) is 0 Å². The quantitative estimate of drug-likeness (QED) is 0.853. The van der Waals surface area contributed by atoms with Crippen LogP contribution in [0.2, 0.25) is 0 Å². The van der Waals surface area contributed by atoms with Crippen molar-refractivity contribution in [3.63, 3.8) is 0 Å². The lowest BCUT2D eigenvalue weighted by Gasteiger charge is -2.10. The van der Waals surface area contributed by atoms with Crippen molar-refractivity contribution in [2.75, 3.05) is 6.61 Å². The van der Waals surface area contributed by atoms with Gasteiger partial charge in [0.25, 0.3) is 5.56 Å². The summed E-state index contributed by atoms with van der Waals surface area (Å²) in [6.07, 6.45) is 2.39. The summed E-state index contributed by atoms with van der Waals surface area (Å²) in [6.45, 7) is 3.12. The largest absolute Gasteiger partial charge is 0.493 e. The molecule has 0 amide bonds. The van der Waals surface area contributed by atoms with Crippen LogP contribution in [0.4, 0.5) is 0 Å². The molecule has 2 N–H and O–H groups in total. The summed E-state index contributed by atoms with van der Waals surface area (Å²) >= 11 is 0. The molecule has 1 aliphatic carbocycles. The molecule has 0 radical (unpaired) electrons. The summed E-state index contributed by atoms with van der Waals surface area (Å²) in [7, 11) is 0.